The Hall–Kier alpha value is -2.37. The number of quaternary nitrogens is 1. The van der Waals surface area contributed by atoms with E-state index < -0.39 is 0 Å². The van der Waals surface area contributed by atoms with Crippen molar-refractivity contribution in [2.24, 2.45) is 0 Å². The Balaban J connectivity index is 1.94. The van der Waals surface area contributed by atoms with Gasteiger partial charge < -0.3 is 15.1 Å². The molecule has 0 fully saturated rings. The third kappa shape index (κ3) is 6.08. The first kappa shape index (κ1) is 21.9. The van der Waals surface area contributed by atoms with Crippen LogP contribution in [0.2, 0.25) is 5.02 Å². The second-order valence-electron chi connectivity index (χ2n) is 7.06. The van der Waals surface area contributed by atoms with Crippen LogP contribution in [-0.4, -0.2) is 43.4 Å². The average Bonchev–Trinajstić information content (AvgIpc) is 2.69. The van der Waals surface area contributed by atoms with E-state index in [1.807, 2.05) is 64.2 Å². The molecule has 5 nitrogen and oxygen atoms in total. The third-order valence-corrected chi connectivity index (χ3v) is 5.28. The summed E-state index contributed by atoms with van der Waals surface area (Å²) in [4.78, 5) is 27.8. The number of anilines is 1. The van der Waals surface area contributed by atoms with Crippen molar-refractivity contribution < 1.29 is 14.5 Å². The van der Waals surface area contributed by atoms with Crippen LogP contribution in [0.25, 0.3) is 0 Å². The molecule has 2 atom stereocenters. The van der Waals surface area contributed by atoms with Crippen LogP contribution in [0, 0.1) is 6.92 Å². The van der Waals surface area contributed by atoms with Crippen LogP contribution in [0.1, 0.15) is 31.0 Å². The lowest BCUT2D eigenvalue weighted by Crippen LogP contribution is -3.13. The molecule has 0 aromatic heterocycles. The first-order valence-corrected chi connectivity index (χ1v) is 9.89. The van der Waals surface area contributed by atoms with Crippen molar-refractivity contribution in [1.29, 1.82) is 0 Å². The molecule has 1 unspecified atom stereocenters. The highest BCUT2D eigenvalue weighted by Gasteiger charge is 2.23. The molecule has 2 aromatic carbocycles. The van der Waals surface area contributed by atoms with Gasteiger partial charge in [0, 0.05) is 17.8 Å². The summed E-state index contributed by atoms with van der Waals surface area (Å²) in [5, 5.41) is 3.47. The molecule has 0 saturated heterocycles. The van der Waals surface area contributed by atoms with E-state index in [0.717, 1.165) is 16.0 Å². The average molecular weight is 403 g/mol. The summed E-state index contributed by atoms with van der Waals surface area (Å²) in [6.45, 7) is 7.07. The van der Waals surface area contributed by atoms with Crippen molar-refractivity contribution >= 4 is 29.1 Å². The Labute approximate surface area is 172 Å². The summed E-state index contributed by atoms with van der Waals surface area (Å²) in [7, 11) is 1.81. The maximum atomic E-state index is 12.7. The molecular formula is C22H29ClN3O2+. The SMILES string of the molecule is CC[NH+](CC(=O)Nc1cc(Cl)ccc1C)CC(=O)N(C)[C@H](C)c1ccccc1. The Kier molecular flexibility index (Phi) is 8.03. The quantitative estimate of drug-likeness (QED) is 0.713. The second kappa shape index (κ2) is 10.2. The Bertz CT molecular complexity index is 811. The molecule has 0 heterocycles. The van der Waals surface area contributed by atoms with Gasteiger partial charge in [-0.05, 0) is 44.0 Å². The van der Waals surface area contributed by atoms with Gasteiger partial charge in [0.2, 0.25) is 0 Å². The standard InChI is InChI=1S/C22H28ClN3O2/c1-5-26(14-21(27)24-20-13-19(23)12-11-16(20)2)15-22(28)25(4)17(3)18-9-7-6-8-10-18/h6-13,17H,5,14-15H2,1-4H3,(H,24,27)/p+1/t17-/m1/s1. The fourth-order valence-electron chi connectivity index (χ4n) is 2.97. The van der Waals surface area contributed by atoms with Crippen molar-refractivity contribution in [2.45, 2.75) is 26.8 Å². The fraction of sp³-hybridized carbons (Fsp3) is 0.364. The Morgan fingerprint density at radius 1 is 1.14 bits per heavy atom. The number of amides is 2. The molecule has 2 aromatic rings. The lowest BCUT2D eigenvalue weighted by Gasteiger charge is -2.27. The maximum Gasteiger partial charge on any atom is 0.279 e. The zero-order valence-corrected chi connectivity index (χ0v) is 17.7. The van der Waals surface area contributed by atoms with Crippen molar-refractivity contribution in [2.75, 3.05) is 32.0 Å². The zero-order chi connectivity index (χ0) is 20.7. The van der Waals surface area contributed by atoms with Crippen LogP contribution >= 0.6 is 11.6 Å². The van der Waals surface area contributed by atoms with Gasteiger partial charge in [-0.2, -0.15) is 0 Å². The van der Waals surface area contributed by atoms with E-state index in [1.54, 1.807) is 17.0 Å². The molecule has 150 valence electrons. The van der Waals surface area contributed by atoms with Gasteiger partial charge in [0.1, 0.15) is 0 Å². The van der Waals surface area contributed by atoms with E-state index in [0.29, 0.717) is 17.3 Å². The molecule has 6 heteroatoms. The van der Waals surface area contributed by atoms with Crippen LogP contribution in [0.4, 0.5) is 5.69 Å². The normalized spacial score (nSPS) is 12.9. The number of carbonyl (C=O) groups excluding carboxylic acids is 2. The first-order chi connectivity index (χ1) is 13.3. The number of halogens is 1. The van der Waals surface area contributed by atoms with E-state index >= 15 is 0 Å². The van der Waals surface area contributed by atoms with Crippen molar-refractivity contribution in [3.05, 3.63) is 64.7 Å². The van der Waals surface area contributed by atoms with Crippen molar-refractivity contribution in [1.82, 2.24) is 4.90 Å². The van der Waals surface area contributed by atoms with Crippen LogP contribution < -0.4 is 10.2 Å². The van der Waals surface area contributed by atoms with Crippen LogP contribution in [0.15, 0.2) is 48.5 Å². The van der Waals surface area contributed by atoms with Gasteiger partial charge in [0.05, 0.1) is 12.6 Å². The summed E-state index contributed by atoms with van der Waals surface area (Å²) in [5.74, 6) is -0.117. The van der Waals surface area contributed by atoms with Gasteiger partial charge >= 0.3 is 0 Å². The minimum Gasteiger partial charge on any atom is -0.334 e. The van der Waals surface area contributed by atoms with E-state index in [4.69, 9.17) is 11.6 Å². The molecule has 2 rings (SSSR count). The van der Waals surface area contributed by atoms with Gasteiger partial charge in [-0.1, -0.05) is 48.0 Å². The molecule has 0 aliphatic carbocycles. The van der Waals surface area contributed by atoms with Crippen LogP contribution in [0.5, 0.6) is 0 Å². The van der Waals surface area contributed by atoms with Gasteiger partial charge in [0.15, 0.2) is 13.1 Å². The molecule has 0 bridgehead atoms. The second-order valence-corrected chi connectivity index (χ2v) is 7.49. The lowest BCUT2D eigenvalue weighted by molar-refractivity contribution is -0.882. The number of hydrogen-bond acceptors (Lipinski definition) is 2. The maximum absolute atomic E-state index is 12.7. The number of hydrogen-bond donors (Lipinski definition) is 2. The number of aryl methyl sites for hydroxylation is 1. The molecular weight excluding hydrogens is 374 g/mol. The summed E-state index contributed by atoms with van der Waals surface area (Å²) in [6, 6.07) is 15.3. The zero-order valence-electron chi connectivity index (χ0n) is 17.0. The number of carbonyl (C=O) groups is 2. The molecule has 2 N–H and O–H groups in total. The van der Waals surface area contributed by atoms with Crippen LogP contribution in [-0.2, 0) is 9.59 Å². The summed E-state index contributed by atoms with van der Waals surface area (Å²) >= 11 is 6.01. The molecule has 0 aliphatic rings. The number of likely N-dealkylation sites (N-methyl/N-ethyl adjacent to an activating group) is 2. The molecule has 2 amide bonds. The van der Waals surface area contributed by atoms with Gasteiger partial charge in [0.25, 0.3) is 11.8 Å². The summed E-state index contributed by atoms with van der Waals surface area (Å²) in [5.41, 5.74) is 2.74. The van der Waals surface area contributed by atoms with Gasteiger partial charge in [-0.15, -0.1) is 0 Å². The third-order valence-electron chi connectivity index (χ3n) is 5.04. The monoisotopic (exact) mass is 402 g/mol. The lowest BCUT2D eigenvalue weighted by atomic mass is 10.1. The minimum atomic E-state index is -0.131. The van der Waals surface area contributed by atoms with Gasteiger partial charge in [-0.3, -0.25) is 9.59 Å². The van der Waals surface area contributed by atoms with E-state index in [-0.39, 0.29) is 30.9 Å². The molecule has 28 heavy (non-hydrogen) atoms. The smallest absolute Gasteiger partial charge is 0.279 e. The number of benzene rings is 2. The Morgan fingerprint density at radius 3 is 2.46 bits per heavy atom. The van der Waals surface area contributed by atoms with E-state index in [9.17, 15) is 9.59 Å². The molecule has 0 saturated carbocycles. The van der Waals surface area contributed by atoms with Gasteiger partial charge in [-0.25, -0.2) is 0 Å². The highest BCUT2D eigenvalue weighted by molar-refractivity contribution is 6.31. The summed E-state index contributed by atoms with van der Waals surface area (Å²) < 4.78 is 0. The fourth-order valence-corrected chi connectivity index (χ4v) is 3.14. The minimum absolute atomic E-state index is 0.0138. The predicted molar refractivity (Wildman–Crippen MR) is 114 cm³/mol. The molecule has 0 aliphatic heterocycles. The Morgan fingerprint density at radius 2 is 1.82 bits per heavy atom. The predicted octanol–water partition coefficient (Wildman–Crippen LogP) is 2.71. The summed E-state index contributed by atoms with van der Waals surface area (Å²) in [6.07, 6.45) is 0. The molecule has 0 radical (unpaired) electrons. The molecule has 0 spiro atoms. The topological polar surface area (TPSA) is 53.9 Å². The number of nitrogens with zero attached hydrogens (tertiary/aromatic N) is 1. The number of rotatable bonds is 8. The van der Waals surface area contributed by atoms with Crippen molar-refractivity contribution in [3.8, 4) is 0 Å². The van der Waals surface area contributed by atoms with E-state index in [2.05, 4.69) is 5.32 Å². The first-order valence-electron chi connectivity index (χ1n) is 9.52. The highest BCUT2D eigenvalue weighted by atomic mass is 35.5. The largest absolute Gasteiger partial charge is 0.334 e. The number of nitrogens with one attached hydrogen (secondary N) is 2. The highest BCUT2D eigenvalue weighted by Crippen LogP contribution is 2.20. The van der Waals surface area contributed by atoms with E-state index in [1.165, 1.54) is 0 Å². The van der Waals surface area contributed by atoms with Crippen molar-refractivity contribution in [3.63, 3.8) is 0 Å². The van der Waals surface area contributed by atoms with Crippen LogP contribution in [0.3, 0.4) is 0 Å².